The van der Waals surface area contributed by atoms with Gasteiger partial charge in [-0.25, -0.2) is 0 Å². The van der Waals surface area contributed by atoms with E-state index < -0.39 is 0 Å². The van der Waals surface area contributed by atoms with E-state index in [-0.39, 0.29) is 6.10 Å². The van der Waals surface area contributed by atoms with Gasteiger partial charge in [0.25, 0.3) is 0 Å². The minimum Gasteiger partial charge on any atom is -0.393 e. The van der Waals surface area contributed by atoms with Gasteiger partial charge in [-0.1, -0.05) is 27.7 Å². The van der Waals surface area contributed by atoms with E-state index in [9.17, 15) is 5.11 Å². The van der Waals surface area contributed by atoms with Crippen LogP contribution in [-0.4, -0.2) is 11.2 Å². The van der Waals surface area contributed by atoms with Crippen molar-refractivity contribution in [3.63, 3.8) is 0 Å². The maximum Gasteiger partial charge on any atom is 0.0540 e. The Bertz CT molecular complexity index is 423. The molecular formula is C23H40O. The fraction of sp³-hybridized carbons (Fsp3) is 1.00. The van der Waals surface area contributed by atoms with Gasteiger partial charge in [-0.3, -0.25) is 0 Å². The van der Waals surface area contributed by atoms with Crippen LogP contribution in [0.3, 0.4) is 0 Å². The molecule has 6 unspecified atom stereocenters. The zero-order valence-electron chi connectivity index (χ0n) is 16.6. The topological polar surface area (TPSA) is 20.2 Å². The molecule has 0 radical (unpaired) electrons. The summed E-state index contributed by atoms with van der Waals surface area (Å²) in [7, 11) is 0. The molecule has 4 fully saturated rings. The monoisotopic (exact) mass is 332 g/mol. The van der Waals surface area contributed by atoms with Crippen LogP contribution in [0.2, 0.25) is 0 Å². The third-order valence-corrected chi connectivity index (χ3v) is 9.72. The second-order valence-electron chi connectivity index (χ2n) is 11.2. The molecule has 4 aliphatic carbocycles. The molecule has 0 saturated heterocycles. The first-order chi connectivity index (χ1) is 11.3. The van der Waals surface area contributed by atoms with Crippen LogP contribution in [-0.2, 0) is 0 Å². The standard InChI is InChI=1S/C23H40O/c1-22(2)17-7-5-15(13-17)20(22)11-9-19(24)10-12-21-16-6-8-18(14-16)23(21,3)4/h15-21,24H,5-14H2,1-4H3. The maximum atomic E-state index is 10.7. The Hall–Kier alpha value is -0.0400. The van der Waals surface area contributed by atoms with E-state index in [1.165, 1.54) is 51.4 Å². The third-order valence-electron chi connectivity index (χ3n) is 9.72. The van der Waals surface area contributed by atoms with Crippen LogP contribution in [0.1, 0.15) is 91.9 Å². The fourth-order valence-electron chi connectivity index (χ4n) is 8.04. The lowest BCUT2D eigenvalue weighted by atomic mass is 9.66. The SMILES string of the molecule is CC1(C)C2CCC(C2)C1CCC(O)CCC1C2CCC(C2)C1(C)C. The van der Waals surface area contributed by atoms with Gasteiger partial charge in [-0.2, -0.15) is 0 Å². The Labute approximate surface area is 150 Å². The van der Waals surface area contributed by atoms with Crippen molar-refractivity contribution in [1.82, 2.24) is 0 Å². The van der Waals surface area contributed by atoms with Crippen LogP contribution in [0.15, 0.2) is 0 Å². The number of hydrogen-bond donors (Lipinski definition) is 1. The normalized spacial score (nSPS) is 45.9. The van der Waals surface area contributed by atoms with E-state index in [0.29, 0.717) is 10.8 Å². The van der Waals surface area contributed by atoms with Gasteiger partial charge in [0.05, 0.1) is 6.10 Å². The predicted octanol–water partition coefficient (Wildman–Crippen LogP) is 6.05. The summed E-state index contributed by atoms with van der Waals surface area (Å²) >= 11 is 0. The van der Waals surface area contributed by atoms with Crippen LogP contribution in [0.5, 0.6) is 0 Å². The Balaban J connectivity index is 1.25. The molecule has 0 aromatic heterocycles. The Kier molecular flexibility index (Phi) is 4.34. The highest BCUT2D eigenvalue weighted by molar-refractivity contribution is 5.03. The Morgan fingerprint density at radius 1 is 0.750 bits per heavy atom. The van der Waals surface area contributed by atoms with Gasteiger partial charge in [0.15, 0.2) is 0 Å². The molecule has 0 amide bonds. The van der Waals surface area contributed by atoms with E-state index in [4.69, 9.17) is 0 Å². The minimum atomic E-state index is -0.0464. The zero-order valence-corrected chi connectivity index (χ0v) is 16.6. The molecule has 0 aromatic rings. The van der Waals surface area contributed by atoms with Gasteiger partial charge in [-0.15, -0.1) is 0 Å². The lowest BCUT2D eigenvalue weighted by Gasteiger charge is -2.39. The van der Waals surface area contributed by atoms with Crippen LogP contribution in [0, 0.1) is 46.3 Å². The van der Waals surface area contributed by atoms with E-state index in [0.717, 1.165) is 48.3 Å². The van der Waals surface area contributed by atoms with Crippen LogP contribution in [0.25, 0.3) is 0 Å². The first kappa shape index (κ1) is 17.4. The molecule has 6 atom stereocenters. The molecule has 4 aliphatic rings. The highest BCUT2D eigenvalue weighted by atomic mass is 16.3. The van der Waals surface area contributed by atoms with E-state index in [2.05, 4.69) is 27.7 Å². The first-order valence-corrected chi connectivity index (χ1v) is 11.0. The predicted molar refractivity (Wildman–Crippen MR) is 101 cm³/mol. The summed E-state index contributed by atoms with van der Waals surface area (Å²) in [4.78, 5) is 0. The smallest absolute Gasteiger partial charge is 0.0540 e. The highest BCUT2D eigenvalue weighted by Crippen LogP contribution is 2.62. The van der Waals surface area contributed by atoms with Crippen molar-refractivity contribution in [1.29, 1.82) is 0 Å². The number of aliphatic hydroxyl groups is 1. The molecule has 0 aromatic carbocycles. The van der Waals surface area contributed by atoms with Crippen molar-refractivity contribution in [2.45, 2.75) is 98.0 Å². The van der Waals surface area contributed by atoms with Crippen molar-refractivity contribution in [3.8, 4) is 0 Å². The molecule has 1 heteroatoms. The third kappa shape index (κ3) is 2.68. The van der Waals surface area contributed by atoms with Gasteiger partial charge in [0.2, 0.25) is 0 Å². The summed E-state index contributed by atoms with van der Waals surface area (Å²) in [6.07, 6.45) is 13.4. The molecule has 138 valence electrons. The number of aliphatic hydroxyl groups excluding tert-OH is 1. The average molecular weight is 333 g/mol. The maximum absolute atomic E-state index is 10.7. The molecule has 0 heterocycles. The van der Waals surface area contributed by atoms with E-state index >= 15 is 0 Å². The van der Waals surface area contributed by atoms with Crippen molar-refractivity contribution < 1.29 is 5.11 Å². The fourth-order valence-corrected chi connectivity index (χ4v) is 8.04. The second kappa shape index (κ2) is 6.00. The number of rotatable bonds is 6. The molecule has 4 rings (SSSR count). The van der Waals surface area contributed by atoms with Gasteiger partial charge in [0.1, 0.15) is 0 Å². The summed E-state index contributed by atoms with van der Waals surface area (Å²) in [5.41, 5.74) is 1.07. The molecule has 0 spiro atoms. The Morgan fingerprint density at radius 3 is 1.50 bits per heavy atom. The summed E-state index contributed by atoms with van der Waals surface area (Å²) < 4.78 is 0. The van der Waals surface area contributed by atoms with Crippen molar-refractivity contribution >= 4 is 0 Å². The van der Waals surface area contributed by atoms with Crippen LogP contribution in [0.4, 0.5) is 0 Å². The van der Waals surface area contributed by atoms with Crippen molar-refractivity contribution in [3.05, 3.63) is 0 Å². The molecule has 1 nitrogen and oxygen atoms in total. The molecule has 0 aliphatic heterocycles. The summed E-state index contributed by atoms with van der Waals surface area (Å²) in [5.74, 6) is 5.65. The minimum absolute atomic E-state index is 0.0464. The van der Waals surface area contributed by atoms with E-state index in [1.54, 1.807) is 0 Å². The lowest BCUT2D eigenvalue weighted by Crippen LogP contribution is -2.32. The van der Waals surface area contributed by atoms with Crippen molar-refractivity contribution in [2.24, 2.45) is 46.3 Å². The molecule has 4 saturated carbocycles. The van der Waals surface area contributed by atoms with Gasteiger partial charge >= 0.3 is 0 Å². The summed E-state index contributed by atoms with van der Waals surface area (Å²) in [6, 6.07) is 0. The largest absolute Gasteiger partial charge is 0.393 e. The summed E-state index contributed by atoms with van der Waals surface area (Å²) in [5, 5.41) is 10.7. The van der Waals surface area contributed by atoms with Crippen LogP contribution >= 0.6 is 0 Å². The quantitative estimate of drug-likeness (QED) is 0.627. The second-order valence-corrected chi connectivity index (χ2v) is 11.2. The van der Waals surface area contributed by atoms with Gasteiger partial charge in [0, 0.05) is 0 Å². The lowest BCUT2D eigenvalue weighted by molar-refractivity contribution is 0.0661. The number of fused-ring (bicyclic) bond motifs is 4. The van der Waals surface area contributed by atoms with Gasteiger partial charge in [-0.05, 0) is 111 Å². The van der Waals surface area contributed by atoms with Crippen molar-refractivity contribution in [2.75, 3.05) is 0 Å². The molecule has 4 bridgehead atoms. The zero-order chi connectivity index (χ0) is 17.1. The molecule has 1 N–H and O–H groups in total. The first-order valence-electron chi connectivity index (χ1n) is 11.0. The molecular weight excluding hydrogens is 292 g/mol. The van der Waals surface area contributed by atoms with Crippen LogP contribution < -0.4 is 0 Å². The average Bonchev–Trinajstić information content (AvgIpc) is 3.23. The van der Waals surface area contributed by atoms with E-state index in [1.807, 2.05) is 0 Å². The van der Waals surface area contributed by atoms with Gasteiger partial charge < -0.3 is 5.11 Å². The molecule has 24 heavy (non-hydrogen) atoms. The summed E-state index contributed by atoms with van der Waals surface area (Å²) in [6.45, 7) is 10.0. The number of hydrogen-bond acceptors (Lipinski definition) is 1. The highest BCUT2D eigenvalue weighted by Gasteiger charge is 2.53. The Morgan fingerprint density at radius 2 is 1.17 bits per heavy atom.